The van der Waals surface area contributed by atoms with Crippen molar-refractivity contribution in [3.63, 3.8) is 0 Å². The van der Waals surface area contributed by atoms with Crippen LogP contribution >= 0.6 is 0 Å². The van der Waals surface area contributed by atoms with Crippen LogP contribution in [0, 0.1) is 0 Å². The van der Waals surface area contributed by atoms with Crippen LogP contribution in [0.1, 0.15) is 10.4 Å². The number of carbonyl (C=O) groups is 1. The van der Waals surface area contributed by atoms with Gasteiger partial charge in [-0.2, -0.15) is 0 Å². The van der Waals surface area contributed by atoms with E-state index in [1.807, 2.05) is 54.6 Å². The van der Waals surface area contributed by atoms with Crippen LogP contribution in [0.15, 0.2) is 78.9 Å². The molecule has 150 valence electrons. The maximum atomic E-state index is 12.5. The molecule has 7 heteroatoms. The highest BCUT2D eigenvalue weighted by Gasteiger charge is 2.31. The number of pyridine rings is 1. The Labute approximate surface area is 169 Å². The fraction of sp³-hybridized carbons (Fsp3) is 0.0435. The molecule has 3 aromatic carbocycles. The molecule has 4 rings (SSSR count). The number of halogens is 3. The minimum atomic E-state index is -4.87. The van der Waals surface area contributed by atoms with Crippen LogP contribution < -0.4 is 4.74 Å². The molecule has 30 heavy (non-hydrogen) atoms. The monoisotopic (exact) mass is 409 g/mol. The highest BCUT2D eigenvalue weighted by molar-refractivity contribution is 6.04. The molecule has 0 aliphatic carbocycles. The molecule has 0 saturated heterocycles. The fourth-order valence-corrected chi connectivity index (χ4v) is 3.19. The summed E-state index contributed by atoms with van der Waals surface area (Å²) in [6.45, 7) is 0. The Balaban J connectivity index is 1.76. The van der Waals surface area contributed by atoms with E-state index in [4.69, 9.17) is 0 Å². The van der Waals surface area contributed by atoms with Crippen molar-refractivity contribution in [3.05, 3.63) is 84.4 Å². The molecule has 1 aromatic heterocycles. The predicted octanol–water partition coefficient (Wildman–Crippen LogP) is 6.17. The summed E-state index contributed by atoms with van der Waals surface area (Å²) in [6.07, 6.45) is -4.87. The summed E-state index contributed by atoms with van der Waals surface area (Å²) in [5, 5.41) is 9.64. The molecule has 1 heterocycles. The zero-order valence-electron chi connectivity index (χ0n) is 15.4. The first-order valence-corrected chi connectivity index (χ1v) is 8.90. The van der Waals surface area contributed by atoms with Crippen molar-refractivity contribution in [2.24, 2.45) is 0 Å². The smallest absolute Gasteiger partial charge is 0.478 e. The summed E-state index contributed by atoms with van der Waals surface area (Å²) in [4.78, 5) is 16.2. The van der Waals surface area contributed by atoms with Gasteiger partial charge in [-0.3, -0.25) is 0 Å². The maximum Gasteiger partial charge on any atom is 0.573 e. The predicted molar refractivity (Wildman–Crippen MR) is 106 cm³/mol. The number of carboxylic acids is 1. The van der Waals surface area contributed by atoms with Crippen LogP contribution in [0.5, 0.6) is 5.75 Å². The quantitative estimate of drug-likeness (QED) is 0.438. The summed E-state index contributed by atoms with van der Waals surface area (Å²) < 4.78 is 41.4. The SMILES string of the molecule is O=C(O)c1cc(-c2ccc(-c3ccccc3)cc2)nc2ccc(OC(F)(F)F)cc12. The summed E-state index contributed by atoms with van der Waals surface area (Å²) in [7, 11) is 0. The zero-order valence-corrected chi connectivity index (χ0v) is 15.4. The minimum Gasteiger partial charge on any atom is -0.478 e. The molecule has 4 aromatic rings. The van der Waals surface area contributed by atoms with E-state index in [0.29, 0.717) is 11.3 Å². The lowest BCUT2D eigenvalue weighted by molar-refractivity contribution is -0.274. The van der Waals surface area contributed by atoms with Crippen LogP contribution in [0.25, 0.3) is 33.3 Å². The third-order valence-electron chi connectivity index (χ3n) is 4.53. The Morgan fingerprint density at radius 2 is 1.47 bits per heavy atom. The first-order chi connectivity index (χ1) is 14.3. The number of benzene rings is 3. The number of alkyl halides is 3. The number of hydrogen-bond acceptors (Lipinski definition) is 3. The van der Waals surface area contributed by atoms with Gasteiger partial charge in [0.05, 0.1) is 16.8 Å². The highest BCUT2D eigenvalue weighted by Crippen LogP contribution is 2.31. The number of carboxylic acid groups (broad SMARTS) is 1. The van der Waals surface area contributed by atoms with Gasteiger partial charge in [-0.05, 0) is 35.4 Å². The third-order valence-corrected chi connectivity index (χ3v) is 4.53. The van der Waals surface area contributed by atoms with Crippen LogP contribution in [0.3, 0.4) is 0 Å². The number of aromatic nitrogens is 1. The number of aromatic carboxylic acids is 1. The van der Waals surface area contributed by atoms with Crippen LogP contribution in [0.4, 0.5) is 13.2 Å². The Hall–Kier alpha value is -3.87. The van der Waals surface area contributed by atoms with Gasteiger partial charge in [0.25, 0.3) is 0 Å². The molecule has 1 N–H and O–H groups in total. The highest BCUT2D eigenvalue weighted by atomic mass is 19.4. The molecule has 0 saturated carbocycles. The topological polar surface area (TPSA) is 59.4 Å². The van der Waals surface area contributed by atoms with Gasteiger partial charge >= 0.3 is 12.3 Å². The number of nitrogens with zero attached hydrogens (tertiary/aromatic N) is 1. The van der Waals surface area contributed by atoms with E-state index in [9.17, 15) is 23.1 Å². The van der Waals surface area contributed by atoms with Crippen molar-refractivity contribution in [2.75, 3.05) is 0 Å². The molecule has 0 bridgehead atoms. The summed E-state index contributed by atoms with van der Waals surface area (Å²) in [6, 6.07) is 22.0. The van der Waals surface area contributed by atoms with Crippen molar-refractivity contribution in [1.82, 2.24) is 4.98 Å². The van der Waals surface area contributed by atoms with Crippen molar-refractivity contribution < 1.29 is 27.8 Å². The lowest BCUT2D eigenvalue weighted by Crippen LogP contribution is -2.17. The number of fused-ring (bicyclic) bond motifs is 1. The van der Waals surface area contributed by atoms with E-state index < -0.39 is 18.1 Å². The van der Waals surface area contributed by atoms with E-state index in [-0.39, 0.29) is 16.5 Å². The van der Waals surface area contributed by atoms with Crippen molar-refractivity contribution in [3.8, 4) is 28.1 Å². The van der Waals surface area contributed by atoms with Crippen LogP contribution in [-0.4, -0.2) is 22.4 Å². The normalized spacial score (nSPS) is 11.4. The molecule has 0 spiro atoms. The van der Waals surface area contributed by atoms with Crippen molar-refractivity contribution in [2.45, 2.75) is 6.36 Å². The van der Waals surface area contributed by atoms with Crippen LogP contribution in [0.2, 0.25) is 0 Å². The fourth-order valence-electron chi connectivity index (χ4n) is 3.19. The lowest BCUT2D eigenvalue weighted by Gasteiger charge is -2.12. The Bertz CT molecular complexity index is 1220. The largest absolute Gasteiger partial charge is 0.573 e. The summed E-state index contributed by atoms with van der Waals surface area (Å²) in [5.74, 6) is -1.77. The Morgan fingerprint density at radius 1 is 0.833 bits per heavy atom. The van der Waals surface area contributed by atoms with E-state index in [1.165, 1.54) is 12.1 Å². The second-order valence-corrected chi connectivity index (χ2v) is 6.53. The first-order valence-electron chi connectivity index (χ1n) is 8.90. The van der Waals surface area contributed by atoms with Gasteiger partial charge in [-0.1, -0.05) is 54.6 Å². The molecular formula is C23H14F3NO3. The zero-order chi connectivity index (χ0) is 21.3. The molecule has 0 amide bonds. The Morgan fingerprint density at radius 3 is 2.10 bits per heavy atom. The van der Waals surface area contributed by atoms with E-state index in [2.05, 4.69) is 9.72 Å². The van der Waals surface area contributed by atoms with Crippen molar-refractivity contribution >= 4 is 16.9 Å². The molecule has 0 fully saturated rings. The van der Waals surface area contributed by atoms with E-state index >= 15 is 0 Å². The molecule has 0 aliphatic rings. The Kier molecular flexibility index (Phi) is 4.87. The second kappa shape index (κ2) is 7.51. The number of ether oxygens (including phenoxy) is 1. The average molecular weight is 409 g/mol. The van der Waals surface area contributed by atoms with Crippen molar-refractivity contribution in [1.29, 1.82) is 0 Å². The molecule has 0 atom stereocenters. The average Bonchev–Trinajstić information content (AvgIpc) is 2.72. The molecule has 0 aliphatic heterocycles. The van der Waals surface area contributed by atoms with Crippen LogP contribution in [-0.2, 0) is 0 Å². The summed E-state index contributed by atoms with van der Waals surface area (Å²) >= 11 is 0. The minimum absolute atomic E-state index is 0.0638. The third kappa shape index (κ3) is 4.10. The molecule has 0 unspecified atom stereocenters. The summed E-state index contributed by atoms with van der Waals surface area (Å²) in [5.41, 5.74) is 3.23. The van der Waals surface area contributed by atoms with Gasteiger partial charge in [0.1, 0.15) is 5.75 Å². The molecule has 0 radical (unpaired) electrons. The van der Waals surface area contributed by atoms with Gasteiger partial charge in [-0.15, -0.1) is 13.2 Å². The number of hydrogen-bond donors (Lipinski definition) is 1. The first kappa shape index (κ1) is 19.4. The van der Waals surface area contributed by atoms with Gasteiger partial charge in [0.2, 0.25) is 0 Å². The maximum absolute atomic E-state index is 12.5. The van der Waals surface area contributed by atoms with E-state index in [0.717, 1.165) is 23.3 Å². The van der Waals surface area contributed by atoms with Gasteiger partial charge < -0.3 is 9.84 Å². The second-order valence-electron chi connectivity index (χ2n) is 6.53. The van der Waals surface area contributed by atoms with Gasteiger partial charge in [0.15, 0.2) is 0 Å². The van der Waals surface area contributed by atoms with E-state index in [1.54, 1.807) is 0 Å². The molecular weight excluding hydrogens is 395 g/mol. The van der Waals surface area contributed by atoms with Gasteiger partial charge in [-0.25, -0.2) is 9.78 Å². The number of rotatable bonds is 4. The van der Waals surface area contributed by atoms with Gasteiger partial charge in [0, 0.05) is 10.9 Å². The standard InChI is InChI=1S/C23H14F3NO3/c24-23(25,26)30-17-10-11-20-18(12-17)19(22(28)29)13-21(27-20)16-8-6-15(7-9-16)14-4-2-1-3-5-14/h1-13H,(H,28,29). The molecule has 4 nitrogen and oxygen atoms in total. The lowest BCUT2D eigenvalue weighted by atomic mass is 10.0.